The zero-order chi connectivity index (χ0) is 11.3. The van der Waals surface area contributed by atoms with Crippen LogP contribution in [-0.4, -0.2) is 18.1 Å². The number of hydrogen-bond acceptors (Lipinski definition) is 2. The quantitative estimate of drug-likeness (QED) is 0.840. The van der Waals surface area contributed by atoms with Crippen LogP contribution in [0.5, 0.6) is 0 Å². The van der Waals surface area contributed by atoms with Gasteiger partial charge in [0.1, 0.15) is 0 Å². The van der Waals surface area contributed by atoms with Crippen LogP contribution < -0.4 is 5.32 Å². The lowest BCUT2D eigenvalue weighted by Crippen LogP contribution is -2.40. The van der Waals surface area contributed by atoms with Gasteiger partial charge in [0.2, 0.25) is 0 Å². The number of likely N-dealkylation sites (N-methyl/N-ethyl adjacent to an activating group) is 1. The van der Waals surface area contributed by atoms with Crippen molar-refractivity contribution in [1.29, 1.82) is 0 Å². The standard InChI is InChI=1S/C14H22N2/c1-2-15-12-14(8-4-3-5-9-14)13-7-6-10-16-11-13/h6-7,10-11,15H,2-5,8-9,12H2,1H3. The Kier molecular flexibility index (Phi) is 3.94. The molecule has 0 aliphatic heterocycles. The summed E-state index contributed by atoms with van der Waals surface area (Å²) in [6, 6.07) is 4.31. The smallest absolute Gasteiger partial charge is 0.0306 e. The molecule has 0 aromatic carbocycles. The molecule has 1 fully saturated rings. The molecule has 1 aliphatic rings. The fourth-order valence-electron chi connectivity index (χ4n) is 2.84. The molecule has 1 aliphatic carbocycles. The average molecular weight is 218 g/mol. The third-order valence-electron chi connectivity index (χ3n) is 3.80. The summed E-state index contributed by atoms with van der Waals surface area (Å²) in [5.74, 6) is 0. The summed E-state index contributed by atoms with van der Waals surface area (Å²) in [5, 5.41) is 3.53. The highest BCUT2D eigenvalue weighted by atomic mass is 14.9. The maximum absolute atomic E-state index is 4.29. The summed E-state index contributed by atoms with van der Waals surface area (Å²) in [5.41, 5.74) is 1.78. The maximum Gasteiger partial charge on any atom is 0.0306 e. The Labute approximate surface area is 98.5 Å². The van der Waals surface area contributed by atoms with Gasteiger partial charge in [0.15, 0.2) is 0 Å². The van der Waals surface area contributed by atoms with E-state index < -0.39 is 0 Å². The zero-order valence-corrected chi connectivity index (χ0v) is 10.2. The molecule has 0 spiro atoms. The van der Waals surface area contributed by atoms with Crippen LogP contribution in [0.3, 0.4) is 0 Å². The van der Waals surface area contributed by atoms with E-state index in [9.17, 15) is 0 Å². The second kappa shape index (κ2) is 5.44. The highest BCUT2D eigenvalue weighted by molar-refractivity contribution is 5.23. The predicted molar refractivity (Wildman–Crippen MR) is 67.5 cm³/mol. The number of hydrogen-bond donors (Lipinski definition) is 1. The maximum atomic E-state index is 4.29. The van der Waals surface area contributed by atoms with Gasteiger partial charge >= 0.3 is 0 Å². The van der Waals surface area contributed by atoms with Crippen LogP contribution in [0.4, 0.5) is 0 Å². The van der Waals surface area contributed by atoms with E-state index in [0.717, 1.165) is 13.1 Å². The van der Waals surface area contributed by atoms with Crippen LogP contribution >= 0.6 is 0 Å². The molecule has 16 heavy (non-hydrogen) atoms. The van der Waals surface area contributed by atoms with E-state index in [2.05, 4.69) is 35.6 Å². The van der Waals surface area contributed by atoms with Crippen molar-refractivity contribution < 1.29 is 0 Å². The van der Waals surface area contributed by atoms with E-state index in [0.29, 0.717) is 5.41 Å². The molecule has 0 saturated heterocycles. The zero-order valence-electron chi connectivity index (χ0n) is 10.2. The van der Waals surface area contributed by atoms with E-state index in [-0.39, 0.29) is 0 Å². The topological polar surface area (TPSA) is 24.9 Å². The van der Waals surface area contributed by atoms with Crippen molar-refractivity contribution in [3.8, 4) is 0 Å². The van der Waals surface area contributed by atoms with Crippen LogP contribution in [0, 0.1) is 0 Å². The van der Waals surface area contributed by atoms with Gasteiger partial charge in [-0.1, -0.05) is 32.3 Å². The lowest BCUT2D eigenvalue weighted by molar-refractivity contribution is 0.281. The monoisotopic (exact) mass is 218 g/mol. The third-order valence-corrected chi connectivity index (χ3v) is 3.80. The Balaban J connectivity index is 2.19. The van der Waals surface area contributed by atoms with Crippen LogP contribution in [0.2, 0.25) is 0 Å². The second-order valence-corrected chi connectivity index (χ2v) is 4.86. The van der Waals surface area contributed by atoms with Gasteiger partial charge in [-0.25, -0.2) is 0 Å². The first-order chi connectivity index (χ1) is 7.87. The molecule has 0 radical (unpaired) electrons. The molecule has 2 rings (SSSR count). The number of aromatic nitrogens is 1. The highest BCUT2D eigenvalue weighted by Gasteiger charge is 2.33. The molecule has 1 N–H and O–H groups in total. The summed E-state index contributed by atoms with van der Waals surface area (Å²) < 4.78 is 0. The molecule has 1 saturated carbocycles. The van der Waals surface area contributed by atoms with Gasteiger partial charge in [-0.2, -0.15) is 0 Å². The molecule has 88 valence electrons. The minimum atomic E-state index is 0.350. The molecule has 0 unspecified atom stereocenters. The molecule has 0 bridgehead atoms. The van der Waals surface area contributed by atoms with Gasteiger partial charge in [0.25, 0.3) is 0 Å². The van der Waals surface area contributed by atoms with Crippen molar-refractivity contribution in [1.82, 2.24) is 10.3 Å². The fraction of sp³-hybridized carbons (Fsp3) is 0.643. The van der Waals surface area contributed by atoms with Gasteiger partial charge < -0.3 is 5.32 Å². The largest absolute Gasteiger partial charge is 0.316 e. The van der Waals surface area contributed by atoms with Gasteiger partial charge in [0, 0.05) is 24.4 Å². The lowest BCUT2D eigenvalue weighted by Gasteiger charge is -2.37. The van der Waals surface area contributed by atoms with E-state index >= 15 is 0 Å². The SMILES string of the molecule is CCNCC1(c2cccnc2)CCCCC1. The van der Waals surface area contributed by atoms with Crippen molar-refractivity contribution in [2.24, 2.45) is 0 Å². The first kappa shape index (κ1) is 11.6. The van der Waals surface area contributed by atoms with Gasteiger partial charge in [-0.15, -0.1) is 0 Å². The summed E-state index contributed by atoms with van der Waals surface area (Å²) in [6.45, 7) is 4.34. The minimum absolute atomic E-state index is 0.350. The second-order valence-electron chi connectivity index (χ2n) is 4.86. The normalized spacial score (nSPS) is 19.6. The molecule has 2 nitrogen and oxygen atoms in total. The first-order valence-electron chi connectivity index (χ1n) is 6.49. The number of nitrogens with zero attached hydrogens (tertiary/aromatic N) is 1. The molecule has 1 heterocycles. The van der Waals surface area contributed by atoms with Crippen molar-refractivity contribution in [3.63, 3.8) is 0 Å². The number of rotatable bonds is 4. The minimum Gasteiger partial charge on any atom is -0.316 e. The van der Waals surface area contributed by atoms with Crippen LogP contribution in [0.25, 0.3) is 0 Å². The van der Waals surface area contributed by atoms with Gasteiger partial charge in [-0.3, -0.25) is 4.98 Å². The van der Waals surface area contributed by atoms with Gasteiger partial charge in [0.05, 0.1) is 0 Å². The van der Waals surface area contributed by atoms with E-state index in [4.69, 9.17) is 0 Å². The molecular formula is C14H22N2. The Hall–Kier alpha value is -0.890. The molecule has 1 aromatic rings. The molecule has 2 heteroatoms. The van der Waals surface area contributed by atoms with Crippen molar-refractivity contribution in [2.45, 2.75) is 44.4 Å². The number of pyridine rings is 1. The van der Waals surface area contributed by atoms with Crippen LogP contribution in [0.15, 0.2) is 24.5 Å². The molecular weight excluding hydrogens is 196 g/mol. The van der Waals surface area contributed by atoms with Crippen molar-refractivity contribution >= 4 is 0 Å². The summed E-state index contributed by atoms with van der Waals surface area (Å²) in [7, 11) is 0. The van der Waals surface area contributed by atoms with Crippen molar-refractivity contribution in [3.05, 3.63) is 30.1 Å². The van der Waals surface area contributed by atoms with E-state index in [1.165, 1.54) is 37.7 Å². The third kappa shape index (κ3) is 2.43. The Morgan fingerprint density at radius 1 is 1.31 bits per heavy atom. The van der Waals surface area contributed by atoms with Crippen LogP contribution in [-0.2, 0) is 5.41 Å². The Morgan fingerprint density at radius 2 is 2.12 bits per heavy atom. The number of nitrogens with one attached hydrogen (secondary N) is 1. The summed E-state index contributed by atoms with van der Waals surface area (Å²) >= 11 is 0. The average Bonchev–Trinajstić information content (AvgIpc) is 2.38. The molecule has 1 aromatic heterocycles. The van der Waals surface area contributed by atoms with E-state index in [1.807, 2.05) is 6.20 Å². The van der Waals surface area contributed by atoms with Crippen LogP contribution in [0.1, 0.15) is 44.6 Å². The molecule has 0 amide bonds. The Bertz CT molecular complexity index is 302. The van der Waals surface area contributed by atoms with Gasteiger partial charge in [-0.05, 0) is 31.0 Å². The fourth-order valence-corrected chi connectivity index (χ4v) is 2.84. The van der Waals surface area contributed by atoms with Crippen molar-refractivity contribution in [2.75, 3.05) is 13.1 Å². The molecule has 0 atom stereocenters. The predicted octanol–water partition coefficient (Wildman–Crippen LogP) is 2.89. The summed E-state index contributed by atoms with van der Waals surface area (Å²) in [4.78, 5) is 4.29. The summed E-state index contributed by atoms with van der Waals surface area (Å²) in [6.07, 6.45) is 10.7. The first-order valence-corrected chi connectivity index (χ1v) is 6.49. The highest BCUT2D eigenvalue weighted by Crippen LogP contribution is 2.38. The van der Waals surface area contributed by atoms with E-state index in [1.54, 1.807) is 0 Å². The Morgan fingerprint density at radius 3 is 2.75 bits per heavy atom. The lowest BCUT2D eigenvalue weighted by atomic mass is 9.70.